The Morgan fingerprint density at radius 1 is 1.39 bits per heavy atom. The lowest BCUT2D eigenvalue weighted by Gasteiger charge is -2.27. The quantitative estimate of drug-likeness (QED) is 0.840. The first-order valence-electron chi connectivity index (χ1n) is 6.80. The molecule has 0 saturated heterocycles. The molecular formula is C15H22FNO. The molecule has 0 bridgehead atoms. The van der Waals surface area contributed by atoms with Gasteiger partial charge in [0.05, 0.1) is 6.10 Å². The minimum Gasteiger partial charge on any atom is -0.388 e. The minimum atomic E-state index is -0.723. The van der Waals surface area contributed by atoms with Gasteiger partial charge in [0.1, 0.15) is 5.82 Å². The highest BCUT2D eigenvalue weighted by molar-refractivity contribution is 5.20. The van der Waals surface area contributed by atoms with Crippen molar-refractivity contribution in [3.05, 3.63) is 35.6 Å². The molecule has 1 N–H and O–H groups in total. The Morgan fingerprint density at radius 2 is 2.06 bits per heavy atom. The van der Waals surface area contributed by atoms with E-state index in [1.807, 2.05) is 6.92 Å². The van der Waals surface area contributed by atoms with Crippen molar-refractivity contribution in [2.24, 2.45) is 5.92 Å². The maximum Gasteiger partial charge on any atom is 0.129 e. The largest absolute Gasteiger partial charge is 0.388 e. The summed E-state index contributed by atoms with van der Waals surface area (Å²) in [5.74, 6) is -0.270. The second-order valence-electron chi connectivity index (χ2n) is 5.26. The fraction of sp³-hybridized carbons (Fsp3) is 0.600. The summed E-state index contributed by atoms with van der Waals surface area (Å²) in [5, 5.41) is 10.2. The summed E-state index contributed by atoms with van der Waals surface area (Å²) in [6.07, 6.45) is 1.80. The molecule has 1 saturated carbocycles. The van der Waals surface area contributed by atoms with E-state index in [9.17, 15) is 9.50 Å². The molecule has 100 valence electrons. The highest BCUT2D eigenvalue weighted by Gasteiger charge is 2.30. The first-order chi connectivity index (χ1) is 8.63. The number of rotatable bonds is 6. The van der Waals surface area contributed by atoms with Gasteiger partial charge < -0.3 is 10.0 Å². The van der Waals surface area contributed by atoms with Gasteiger partial charge in [-0.05, 0) is 31.4 Å². The molecule has 2 nitrogen and oxygen atoms in total. The van der Waals surface area contributed by atoms with Crippen LogP contribution >= 0.6 is 0 Å². The van der Waals surface area contributed by atoms with E-state index in [4.69, 9.17) is 0 Å². The molecule has 1 aliphatic carbocycles. The molecule has 0 radical (unpaired) electrons. The molecule has 0 heterocycles. The predicted octanol–water partition coefficient (Wildman–Crippen LogP) is 2.98. The van der Waals surface area contributed by atoms with Crippen LogP contribution < -0.4 is 0 Å². The van der Waals surface area contributed by atoms with Crippen molar-refractivity contribution >= 4 is 0 Å². The second kappa shape index (κ2) is 5.81. The molecule has 2 unspecified atom stereocenters. The third-order valence-corrected chi connectivity index (χ3v) is 3.75. The smallest absolute Gasteiger partial charge is 0.129 e. The molecule has 0 spiro atoms. The normalized spacial score (nSPS) is 18.9. The molecule has 0 aromatic heterocycles. The van der Waals surface area contributed by atoms with Gasteiger partial charge in [0.2, 0.25) is 0 Å². The van der Waals surface area contributed by atoms with E-state index in [0.29, 0.717) is 11.6 Å². The van der Waals surface area contributed by atoms with Crippen molar-refractivity contribution in [3.8, 4) is 0 Å². The van der Waals surface area contributed by atoms with E-state index in [1.54, 1.807) is 18.2 Å². The van der Waals surface area contributed by atoms with E-state index in [-0.39, 0.29) is 11.7 Å². The summed E-state index contributed by atoms with van der Waals surface area (Å²) >= 11 is 0. The number of halogens is 1. The van der Waals surface area contributed by atoms with E-state index in [0.717, 1.165) is 13.1 Å². The van der Waals surface area contributed by atoms with Crippen LogP contribution in [0.2, 0.25) is 0 Å². The fourth-order valence-electron chi connectivity index (χ4n) is 2.47. The highest BCUT2D eigenvalue weighted by atomic mass is 19.1. The van der Waals surface area contributed by atoms with Crippen molar-refractivity contribution < 1.29 is 9.50 Å². The van der Waals surface area contributed by atoms with Gasteiger partial charge in [-0.25, -0.2) is 4.39 Å². The Labute approximate surface area is 108 Å². The van der Waals surface area contributed by atoms with Crippen LogP contribution in [0.4, 0.5) is 4.39 Å². The summed E-state index contributed by atoms with van der Waals surface area (Å²) in [4.78, 5) is 2.38. The van der Waals surface area contributed by atoms with Gasteiger partial charge in [-0.1, -0.05) is 32.0 Å². The molecule has 1 aromatic rings. The number of benzene rings is 1. The van der Waals surface area contributed by atoms with Crippen LogP contribution in [0.3, 0.4) is 0 Å². The fourth-order valence-corrected chi connectivity index (χ4v) is 2.47. The van der Waals surface area contributed by atoms with Crippen molar-refractivity contribution in [2.45, 2.75) is 38.8 Å². The molecule has 2 rings (SSSR count). The van der Waals surface area contributed by atoms with E-state index >= 15 is 0 Å². The van der Waals surface area contributed by atoms with Crippen LogP contribution in [0.5, 0.6) is 0 Å². The summed E-state index contributed by atoms with van der Waals surface area (Å²) in [6, 6.07) is 7.18. The molecule has 0 amide bonds. The van der Waals surface area contributed by atoms with Gasteiger partial charge in [0, 0.05) is 18.2 Å². The van der Waals surface area contributed by atoms with Crippen LogP contribution in [0, 0.1) is 11.7 Å². The lowest BCUT2D eigenvalue weighted by atomic mass is 9.96. The monoisotopic (exact) mass is 251 g/mol. The van der Waals surface area contributed by atoms with Crippen LogP contribution in [0.15, 0.2) is 24.3 Å². The standard InChI is InChI=1S/C15H22FNO/c1-3-17(12-8-9-12)10-11(2)15(18)13-6-4-5-7-14(13)16/h4-7,11-12,15,18H,3,8-10H2,1-2H3. The molecule has 1 fully saturated rings. The number of hydrogen-bond acceptors (Lipinski definition) is 2. The average Bonchev–Trinajstić information content (AvgIpc) is 3.19. The van der Waals surface area contributed by atoms with Crippen LogP contribution in [0.1, 0.15) is 38.4 Å². The van der Waals surface area contributed by atoms with Crippen molar-refractivity contribution in [2.75, 3.05) is 13.1 Å². The van der Waals surface area contributed by atoms with Crippen molar-refractivity contribution in [1.29, 1.82) is 0 Å². The Kier molecular flexibility index (Phi) is 4.36. The third-order valence-electron chi connectivity index (χ3n) is 3.75. The van der Waals surface area contributed by atoms with Gasteiger partial charge >= 0.3 is 0 Å². The molecule has 3 heteroatoms. The number of aliphatic hydroxyl groups excluding tert-OH is 1. The van der Waals surface area contributed by atoms with Gasteiger partial charge in [-0.15, -0.1) is 0 Å². The summed E-state index contributed by atoms with van der Waals surface area (Å²) in [5.41, 5.74) is 0.414. The van der Waals surface area contributed by atoms with Gasteiger partial charge in [0.15, 0.2) is 0 Å². The average molecular weight is 251 g/mol. The zero-order chi connectivity index (χ0) is 13.1. The minimum absolute atomic E-state index is 0.0439. The maximum absolute atomic E-state index is 13.6. The lowest BCUT2D eigenvalue weighted by molar-refractivity contribution is 0.0844. The summed E-state index contributed by atoms with van der Waals surface area (Å²) in [7, 11) is 0. The summed E-state index contributed by atoms with van der Waals surface area (Å²) < 4.78 is 13.6. The molecule has 1 aromatic carbocycles. The van der Waals surface area contributed by atoms with Crippen molar-refractivity contribution in [1.82, 2.24) is 4.90 Å². The number of nitrogens with zero attached hydrogens (tertiary/aromatic N) is 1. The van der Waals surface area contributed by atoms with Gasteiger partial charge in [-0.2, -0.15) is 0 Å². The second-order valence-corrected chi connectivity index (χ2v) is 5.26. The zero-order valence-electron chi connectivity index (χ0n) is 11.1. The van der Waals surface area contributed by atoms with Crippen LogP contribution in [-0.4, -0.2) is 29.1 Å². The Balaban J connectivity index is 1.99. The predicted molar refractivity (Wildman–Crippen MR) is 70.8 cm³/mol. The molecule has 1 aliphatic rings. The van der Waals surface area contributed by atoms with E-state index in [2.05, 4.69) is 11.8 Å². The molecule has 0 aliphatic heterocycles. The topological polar surface area (TPSA) is 23.5 Å². The van der Waals surface area contributed by atoms with Gasteiger partial charge in [0.25, 0.3) is 0 Å². The first kappa shape index (κ1) is 13.5. The SMILES string of the molecule is CCN(CC(C)C(O)c1ccccc1F)C1CC1. The molecular weight excluding hydrogens is 229 g/mol. The molecule has 2 atom stereocenters. The maximum atomic E-state index is 13.6. The Morgan fingerprint density at radius 3 is 2.61 bits per heavy atom. The Bertz CT molecular complexity index is 392. The lowest BCUT2D eigenvalue weighted by Crippen LogP contribution is -2.32. The van der Waals surface area contributed by atoms with Gasteiger partial charge in [-0.3, -0.25) is 0 Å². The summed E-state index contributed by atoms with van der Waals surface area (Å²) in [6.45, 7) is 5.96. The highest BCUT2D eigenvalue weighted by Crippen LogP contribution is 2.30. The number of aliphatic hydroxyl groups is 1. The Hall–Kier alpha value is -0.930. The van der Waals surface area contributed by atoms with Crippen molar-refractivity contribution in [3.63, 3.8) is 0 Å². The van der Waals surface area contributed by atoms with E-state index in [1.165, 1.54) is 18.9 Å². The first-order valence-corrected chi connectivity index (χ1v) is 6.80. The third kappa shape index (κ3) is 3.09. The molecule has 18 heavy (non-hydrogen) atoms. The van der Waals surface area contributed by atoms with E-state index < -0.39 is 6.10 Å². The van der Waals surface area contributed by atoms with Crippen LogP contribution in [-0.2, 0) is 0 Å². The number of hydrogen-bond donors (Lipinski definition) is 1. The van der Waals surface area contributed by atoms with Crippen LogP contribution in [0.25, 0.3) is 0 Å². The zero-order valence-corrected chi connectivity index (χ0v) is 11.1.